The minimum absolute atomic E-state index is 0.0943. The van der Waals surface area contributed by atoms with Crippen molar-refractivity contribution >= 4 is 35.1 Å². The van der Waals surface area contributed by atoms with Crippen molar-refractivity contribution < 1.29 is 4.79 Å². The molecule has 0 N–H and O–H groups in total. The second-order valence-corrected chi connectivity index (χ2v) is 5.24. The number of carbonyl (C=O) groups is 1. The molecule has 3 heteroatoms. The minimum atomic E-state index is -0.0943. The number of aryl methyl sites for hydroxylation is 1. The molecule has 20 heavy (non-hydrogen) atoms. The number of ketones is 1. The van der Waals surface area contributed by atoms with Gasteiger partial charge >= 0.3 is 0 Å². The van der Waals surface area contributed by atoms with Crippen LogP contribution in [0.25, 0.3) is 6.08 Å². The van der Waals surface area contributed by atoms with Crippen molar-refractivity contribution in [1.29, 1.82) is 0 Å². The summed E-state index contributed by atoms with van der Waals surface area (Å²) in [5, 5.41) is 0.834. The highest BCUT2D eigenvalue weighted by Crippen LogP contribution is 2.23. The fourth-order valence-corrected chi connectivity index (χ4v) is 2.08. The quantitative estimate of drug-likeness (QED) is 0.542. The molecule has 2 aromatic carbocycles. The molecule has 0 radical (unpaired) electrons. The van der Waals surface area contributed by atoms with Gasteiger partial charge in [0.1, 0.15) is 0 Å². The zero-order chi connectivity index (χ0) is 14.5. The van der Waals surface area contributed by atoms with Crippen molar-refractivity contribution in [3.63, 3.8) is 0 Å². The maximum Gasteiger partial charge on any atom is 0.185 e. The number of rotatable bonds is 4. The Morgan fingerprint density at radius 3 is 2.35 bits per heavy atom. The molecule has 0 aliphatic rings. The van der Waals surface area contributed by atoms with Crippen LogP contribution in [0.5, 0.6) is 0 Å². The summed E-state index contributed by atoms with van der Waals surface area (Å²) in [5.41, 5.74) is 2.80. The summed E-state index contributed by atoms with van der Waals surface area (Å²) in [4.78, 5) is 12.0. The number of benzene rings is 2. The Morgan fingerprint density at radius 1 is 1.05 bits per heavy atom. The summed E-state index contributed by atoms with van der Waals surface area (Å²) >= 11 is 11.7. The Labute approximate surface area is 128 Å². The van der Waals surface area contributed by atoms with Gasteiger partial charge in [0.15, 0.2) is 5.78 Å². The Balaban J connectivity index is 2.13. The van der Waals surface area contributed by atoms with Gasteiger partial charge < -0.3 is 0 Å². The van der Waals surface area contributed by atoms with E-state index in [0.717, 1.165) is 12.0 Å². The van der Waals surface area contributed by atoms with Crippen LogP contribution in [-0.2, 0) is 6.42 Å². The van der Waals surface area contributed by atoms with E-state index in [9.17, 15) is 4.79 Å². The first-order chi connectivity index (χ1) is 9.60. The van der Waals surface area contributed by atoms with Crippen LogP contribution < -0.4 is 0 Å². The zero-order valence-electron chi connectivity index (χ0n) is 11.1. The lowest BCUT2D eigenvalue weighted by molar-refractivity contribution is 0.104. The van der Waals surface area contributed by atoms with Gasteiger partial charge in [-0.25, -0.2) is 0 Å². The standard InChI is InChI=1S/C17H14Cl2O/c1-2-12-3-5-13(6-4-12)7-10-17(20)14-8-9-15(18)16(19)11-14/h3-11H,2H2,1H3/b10-7+. The van der Waals surface area contributed by atoms with Crippen LogP contribution in [0.3, 0.4) is 0 Å². The van der Waals surface area contributed by atoms with E-state index >= 15 is 0 Å². The Morgan fingerprint density at radius 2 is 1.75 bits per heavy atom. The van der Waals surface area contributed by atoms with Gasteiger partial charge in [0, 0.05) is 5.56 Å². The van der Waals surface area contributed by atoms with Crippen molar-refractivity contribution in [3.8, 4) is 0 Å². The molecule has 0 heterocycles. The van der Waals surface area contributed by atoms with Crippen LogP contribution in [0.4, 0.5) is 0 Å². The van der Waals surface area contributed by atoms with Crippen LogP contribution >= 0.6 is 23.2 Å². The van der Waals surface area contributed by atoms with E-state index in [1.807, 2.05) is 12.1 Å². The van der Waals surface area contributed by atoms with E-state index in [0.29, 0.717) is 15.6 Å². The Kier molecular flexibility index (Phi) is 4.99. The molecule has 0 spiro atoms. The van der Waals surface area contributed by atoms with Gasteiger partial charge in [-0.1, -0.05) is 60.5 Å². The molecule has 2 aromatic rings. The van der Waals surface area contributed by atoms with Gasteiger partial charge in [-0.2, -0.15) is 0 Å². The summed E-state index contributed by atoms with van der Waals surface area (Å²) in [6, 6.07) is 13.0. The predicted molar refractivity (Wildman–Crippen MR) is 85.6 cm³/mol. The lowest BCUT2D eigenvalue weighted by Gasteiger charge is -2.00. The van der Waals surface area contributed by atoms with Crippen LogP contribution in [0, 0.1) is 0 Å². The van der Waals surface area contributed by atoms with Gasteiger partial charge in [-0.15, -0.1) is 0 Å². The fourth-order valence-electron chi connectivity index (χ4n) is 1.78. The van der Waals surface area contributed by atoms with E-state index < -0.39 is 0 Å². The molecule has 0 aliphatic heterocycles. The van der Waals surface area contributed by atoms with Crippen molar-refractivity contribution in [2.75, 3.05) is 0 Å². The number of hydrogen-bond acceptors (Lipinski definition) is 1. The molecular formula is C17H14Cl2O. The third kappa shape index (κ3) is 3.72. The van der Waals surface area contributed by atoms with Crippen molar-refractivity contribution in [1.82, 2.24) is 0 Å². The molecule has 0 amide bonds. The molecule has 1 nitrogen and oxygen atoms in total. The highest BCUT2D eigenvalue weighted by Gasteiger charge is 2.04. The van der Waals surface area contributed by atoms with E-state index in [1.165, 1.54) is 5.56 Å². The van der Waals surface area contributed by atoms with Crippen LogP contribution in [-0.4, -0.2) is 5.78 Å². The highest BCUT2D eigenvalue weighted by molar-refractivity contribution is 6.42. The number of allylic oxidation sites excluding steroid dienone is 1. The summed E-state index contributed by atoms with van der Waals surface area (Å²) in [6.45, 7) is 2.11. The lowest BCUT2D eigenvalue weighted by Crippen LogP contribution is -1.93. The third-order valence-electron chi connectivity index (χ3n) is 3.02. The lowest BCUT2D eigenvalue weighted by atomic mass is 10.1. The van der Waals surface area contributed by atoms with Crippen molar-refractivity contribution in [2.24, 2.45) is 0 Å². The molecule has 0 aromatic heterocycles. The first-order valence-corrected chi connectivity index (χ1v) is 7.12. The number of hydrogen-bond donors (Lipinski definition) is 0. The smallest absolute Gasteiger partial charge is 0.185 e. The molecule has 0 saturated carbocycles. The molecular weight excluding hydrogens is 291 g/mol. The van der Waals surface area contributed by atoms with E-state index in [-0.39, 0.29) is 5.78 Å². The average Bonchev–Trinajstić information content (AvgIpc) is 2.48. The molecule has 102 valence electrons. The summed E-state index contributed by atoms with van der Waals surface area (Å²) in [6.07, 6.45) is 4.34. The highest BCUT2D eigenvalue weighted by atomic mass is 35.5. The number of carbonyl (C=O) groups excluding carboxylic acids is 1. The van der Waals surface area contributed by atoms with E-state index in [2.05, 4.69) is 19.1 Å². The maximum atomic E-state index is 12.0. The number of halogens is 2. The van der Waals surface area contributed by atoms with Gasteiger partial charge in [-0.05, 0) is 41.8 Å². The largest absolute Gasteiger partial charge is 0.289 e. The van der Waals surface area contributed by atoms with E-state index in [1.54, 1.807) is 30.4 Å². The molecule has 0 aliphatic carbocycles. The Hall–Kier alpha value is -1.57. The Bertz CT molecular complexity index is 643. The summed E-state index contributed by atoms with van der Waals surface area (Å²) in [7, 11) is 0. The fraction of sp³-hybridized carbons (Fsp3) is 0.118. The third-order valence-corrected chi connectivity index (χ3v) is 3.76. The SMILES string of the molecule is CCc1ccc(/C=C/C(=O)c2ccc(Cl)c(Cl)c2)cc1. The van der Waals surface area contributed by atoms with Crippen LogP contribution in [0.1, 0.15) is 28.4 Å². The minimum Gasteiger partial charge on any atom is -0.289 e. The molecule has 0 saturated heterocycles. The monoisotopic (exact) mass is 304 g/mol. The van der Waals surface area contributed by atoms with Crippen LogP contribution in [0.2, 0.25) is 10.0 Å². The molecule has 0 unspecified atom stereocenters. The summed E-state index contributed by atoms with van der Waals surface area (Å²) < 4.78 is 0. The van der Waals surface area contributed by atoms with Gasteiger partial charge in [0.05, 0.1) is 10.0 Å². The molecule has 0 atom stereocenters. The predicted octanol–water partition coefficient (Wildman–Crippen LogP) is 5.45. The van der Waals surface area contributed by atoms with Crippen molar-refractivity contribution in [3.05, 3.63) is 75.3 Å². The first kappa shape index (κ1) is 14.8. The molecule has 0 fully saturated rings. The van der Waals surface area contributed by atoms with Crippen molar-refractivity contribution in [2.45, 2.75) is 13.3 Å². The van der Waals surface area contributed by atoms with Gasteiger partial charge in [0.25, 0.3) is 0 Å². The van der Waals surface area contributed by atoms with Gasteiger partial charge in [0.2, 0.25) is 0 Å². The molecule has 0 bridgehead atoms. The second kappa shape index (κ2) is 6.74. The first-order valence-electron chi connectivity index (χ1n) is 6.36. The topological polar surface area (TPSA) is 17.1 Å². The zero-order valence-corrected chi connectivity index (χ0v) is 12.6. The molecule has 2 rings (SSSR count). The summed E-state index contributed by atoms with van der Waals surface area (Å²) in [5.74, 6) is -0.0943. The maximum absolute atomic E-state index is 12.0. The van der Waals surface area contributed by atoms with Gasteiger partial charge in [-0.3, -0.25) is 4.79 Å². The second-order valence-electron chi connectivity index (χ2n) is 4.42. The van der Waals surface area contributed by atoms with Crippen LogP contribution in [0.15, 0.2) is 48.5 Å². The average molecular weight is 305 g/mol. The normalized spacial score (nSPS) is 10.9. The van der Waals surface area contributed by atoms with E-state index in [4.69, 9.17) is 23.2 Å².